The number of amides is 2. The molecule has 3 rings (SSSR count). The summed E-state index contributed by atoms with van der Waals surface area (Å²) >= 11 is 0. The van der Waals surface area contributed by atoms with Gasteiger partial charge in [0.25, 0.3) is 10.0 Å². The van der Waals surface area contributed by atoms with Gasteiger partial charge in [-0.05, 0) is 61.4 Å². The van der Waals surface area contributed by atoms with Gasteiger partial charge in [-0.3, -0.25) is 4.79 Å². The summed E-state index contributed by atoms with van der Waals surface area (Å²) < 4.78 is 38.4. The number of aryl methyl sites for hydroxylation is 1. The largest absolute Gasteiger partial charge is 0.494 e. The fraction of sp³-hybridized carbons (Fsp3) is 0.304. The van der Waals surface area contributed by atoms with E-state index in [2.05, 4.69) is 10.6 Å². The van der Waals surface area contributed by atoms with Crippen molar-refractivity contribution in [2.75, 3.05) is 32.2 Å². The average Bonchev–Trinajstić information content (AvgIpc) is 3.17. The quantitative estimate of drug-likeness (QED) is 0.352. The maximum absolute atomic E-state index is 13.4. The summed E-state index contributed by atoms with van der Waals surface area (Å²) in [6.45, 7) is 2.99. The zero-order valence-corrected chi connectivity index (χ0v) is 19.7. The molecule has 1 aromatic heterocycles. The minimum Gasteiger partial charge on any atom is -0.494 e. The van der Waals surface area contributed by atoms with Crippen LogP contribution >= 0.6 is 0 Å². The lowest BCUT2D eigenvalue weighted by molar-refractivity contribution is -0.136. The van der Waals surface area contributed by atoms with E-state index in [1.54, 1.807) is 18.2 Å². The van der Waals surface area contributed by atoms with Gasteiger partial charge in [-0.1, -0.05) is 0 Å². The van der Waals surface area contributed by atoms with Gasteiger partial charge >= 0.3 is 12.0 Å². The van der Waals surface area contributed by atoms with E-state index in [0.29, 0.717) is 47.7 Å². The molecule has 2 amide bonds. The number of anilines is 1. The highest BCUT2D eigenvalue weighted by Crippen LogP contribution is 2.30. The molecule has 0 saturated heterocycles. The summed E-state index contributed by atoms with van der Waals surface area (Å²) in [5.41, 5.74) is 1.44. The molecule has 34 heavy (non-hydrogen) atoms. The molecule has 0 aliphatic rings. The molecule has 0 bridgehead atoms. The number of ether oxygens (including phenoxy) is 2. The van der Waals surface area contributed by atoms with Crippen molar-refractivity contribution in [3.05, 3.63) is 54.2 Å². The predicted octanol–water partition coefficient (Wildman–Crippen LogP) is 3.06. The fourth-order valence-corrected chi connectivity index (χ4v) is 4.80. The molecule has 0 aliphatic carbocycles. The van der Waals surface area contributed by atoms with E-state index in [1.165, 1.54) is 37.6 Å². The van der Waals surface area contributed by atoms with Crippen LogP contribution in [0.2, 0.25) is 0 Å². The third kappa shape index (κ3) is 5.86. The molecule has 0 unspecified atom stereocenters. The molecule has 0 spiro atoms. The topological polar surface area (TPSA) is 136 Å². The lowest BCUT2D eigenvalue weighted by Crippen LogP contribution is -2.31. The van der Waals surface area contributed by atoms with Gasteiger partial charge in [-0.15, -0.1) is 0 Å². The number of fused-ring (bicyclic) bond motifs is 1. The maximum atomic E-state index is 13.4. The molecule has 0 atom stereocenters. The maximum Gasteiger partial charge on any atom is 0.319 e. The first-order chi connectivity index (χ1) is 16.3. The second kappa shape index (κ2) is 11.0. The van der Waals surface area contributed by atoms with Crippen molar-refractivity contribution in [2.45, 2.75) is 24.7 Å². The molecule has 3 N–H and O–H groups in total. The first-order valence-corrected chi connectivity index (χ1v) is 12.1. The number of carbonyl (C=O) groups is 2. The van der Waals surface area contributed by atoms with E-state index in [4.69, 9.17) is 14.6 Å². The van der Waals surface area contributed by atoms with Gasteiger partial charge in [0.1, 0.15) is 5.75 Å². The van der Waals surface area contributed by atoms with E-state index in [9.17, 15) is 18.0 Å². The average molecular weight is 490 g/mol. The number of aliphatic carboxylic acids is 1. The number of nitrogens with one attached hydrogen (secondary N) is 2. The van der Waals surface area contributed by atoms with Gasteiger partial charge in [-0.2, -0.15) is 0 Å². The molecule has 3 aromatic rings. The molecule has 0 aliphatic heterocycles. The first kappa shape index (κ1) is 25.1. The van der Waals surface area contributed by atoms with Crippen molar-refractivity contribution < 1.29 is 32.6 Å². The normalized spacial score (nSPS) is 11.4. The fourth-order valence-electron chi connectivity index (χ4n) is 3.41. The van der Waals surface area contributed by atoms with Gasteiger partial charge in [0, 0.05) is 37.3 Å². The van der Waals surface area contributed by atoms with Crippen LogP contribution in [0, 0.1) is 0 Å². The molecule has 182 valence electrons. The molecule has 2 aromatic carbocycles. The number of hydrogen-bond acceptors (Lipinski definition) is 6. The number of hydrogen-bond donors (Lipinski definition) is 3. The lowest BCUT2D eigenvalue weighted by atomic mass is 10.1. The molecule has 11 heteroatoms. The Kier molecular flexibility index (Phi) is 8.13. The van der Waals surface area contributed by atoms with E-state index in [1.807, 2.05) is 6.92 Å². The zero-order chi connectivity index (χ0) is 24.7. The number of carbonyl (C=O) groups excluding carboxylic acids is 1. The van der Waals surface area contributed by atoms with Crippen molar-refractivity contribution in [2.24, 2.45) is 0 Å². The number of rotatable bonds is 11. The molecule has 0 radical (unpaired) electrons. The SMILES string of the molecule is CCOc1ccc2c(c1)c(CCC(=O)O)cn2S(=O)(=O)c1ccc(NC(=O)NCCOC)cc1. The van der Waals surface area contributed by atoms with Crippen LogP contribution in [0.4, 0.5) is 10.5 Å². The molecule has 1 heterocycles. The smallest absolute Gasteiger partial charge is 0.319 e. The molecular formula is C23H27N3O7S. The van der Waals surface area contributed by atoms with Crippen molar-refractivity contribution in [1.82, 2.24) is 9.29 Å². The monoisotopic (exact) mass is 489 g/mol. The van der Waals surface area contributed by atoms with Gasteiger partial charge in [0.05, 0.1) is 23.6 Å². The van der Waals surface area contributed by atoms with Crippen LogP contribution < -0.4 is 15.4 Å². The zero-order valence-electron chi connectivity index (χ0n) is 18.9. The predicted molar refractivity (Wildman–Crippen MR) is 127 cm³/mol. The minimum absolute atomic E-state index is 0.0217. The summed E-state index contributed by atoms with van der Waals surface area (Å²) in [5.74, 6) is -0.403. The van der Waals surface area contributed by atoms with Gasteiger partial charge in [0.15, 0.2) is 0 Å². The van der Waals surface area contributed by atoms with E-state index in [0.717, 1.165) is 3.97 Å². The Morgan fingerprint density at radius 1 is 1.12 bits per heavy atom. The minimum atomic E-state index is -3.99. The molecule has 0 fully saturated rings. The Bertz CT molecular complexity index is 1270. The number of carboxylic acids is 1. The molecule has 0 saturated carbocycles. The Balaban J connectivity index is 1.91. The second-order valence-corrected chi connectivity index (χ2v) is 9.17. The van der Waals surface area contributed by atoms with Crippen molar-refractivity contribution in [3.8, 4) is 5.75 Å². The summed E-state index contributed by atoms with van der Waals surface area (Å²) in [6, 6.07) is 10.4. The summed E-state index contributed by atoms with van der Waals surface area (Å²) in [5, 5.41) is 14.9. The van der Waals surface area contributed by atoms with Crippen LogP contribution in [0.1, 0.15) is 18.9 Å². The third-order valence-electron chi connectivity index (χ3n) is 5.00. The van der Waals surface area contributed by atoms with Gasteiger partial charge < -0.3 is 25.2 Å². The number of urea groups is 1. The van der Waals surface area contributed by atoms with Crippen molar-refractivity contribution >= 4 is 38.6 Å². The number of aromatic nitrogens is 1. The molecule has 10 nitrogen and oxygen atoms in total. The van der Waals surface area contributed by atoms with E-state index < -0.39 is 22.0 Å². The summed E-state index contributed by atoms with van der Waals surface area (Å²) in [7, 11) is -2.46. The molecular weight excluding hydrogens is 462 g/mol. The third-order valence-corrected chi connectivity index (χ3v) is 6.69. The lowest BCUT2D eigenvalue weighted by Gasteiger charge is -2.10. The van der Waals surface area contributed by atoms with Gasteiger partial charge in [-0.25, -0.2) is 17.2 Å². The van der Waals surface area contributed by atoms with Crippen LogP contribution in [0.5, 0.6) is 5.75 Å². The van der Waals surface area contributed by atoms with Crippen LogP contribution in [-0.4, -0.2) is 56.4 Å². The van der Waals surface area contributed by atoms with E-state index in [-0.39, 0.29) is 17.7 Å². The second-order valence-electron chi connectivity index (χ2n) is 7.36. The Morgan fingerprint density at radius 3 is 2.50 bits per heavy atom. The van der Waals surface area contributed by atoms with Gasteiger partial charge in [0.2, 0.25) is 0 Å². The number of benzene rings is 2. The Morgan fingerprint density at radius 2 is 1.85 bits per heavy atom. The van der Waals surface area contributed by atoms with Crippen molar-refractivity contribution in [1.29, 1.82) is 0 Å². The summed E-state index contributed by atoms with van der Waals surface area (Å²) in [4.78, 5) is 23.0. The Hall–Kier alpha value is -3.57. The highest BCUT2D eigenvalue weighted by atomic mass is 32.2. The Labute approximate surface area is 197 Å². The standard InChI is InChI=1S/C23H27N3O7S/c1-3-33-18-7-10-21-20(14-18)16(4-11-22(27)28)15-26(21)34(30,31)19-8-5-17(6-9-19)25-23(29)24-12-13-32-2/h5-10,14-15H,3-4,11-13H2,1-2H3,(H,27,28)(H2,24,25,29). The van der Waals surface area contributed by atoms with Crippen LogP contribution in [0.15, 0.2) is 53.6 Å². The van der Waals surface area contributed by atoms with Crippen LogP contribution in [0.3, 0.4) is 0 Å². The highest BCUT2D eigenvalue weighted by Gasteiger charge is 2.22. The highest BCUT2D eigenvalue weighted by molar-refractivity contribution is 7.90. The summed E-state index contributed by atoms with van der Waals surface area (Å²) in [6.07, 6.45) is 1.49. The van der Waals surface area contributed by atoms with E-state index >= 15 is 0 Å². The number of nitrogens with zero attached hydrogens (tertiary/aromatic N) is 1. The number of carboxylic acid groups (broad SMARTS) is 1. The van der Waals surface area contributed by atoms with Crippen LogP contribution in [0.25, 0.3) is 10.9 Å². The number of methoxy groups -OCH3 is 1. The first-order valence-electron chi connectivity index (χ1n) is 10.6. The van der Waals surface area contributed by atoms with Crippen LogP contribution in [-0.2, 0) is 26.0 Å². The van der Waals surface area contributed by atoms with Crippen molar-refractivity contribution in [3.63, 3.8) is 0 Å².